The van der Waals surface area contributed by atoms with E-state index in [-0.39, 0.29) is 18.5 Å². The molecule has 0 radical (unpaired) electrons. The van der Waals surface area contributed by atoms with Gasteiger partial charge in [0.25, 0.3) is 5.56 Å². The molecule has 1 aromatic rings. The zero-order chi connectivity index (χ0) is 13.7. The molecule has 0 bridgehead atoms. The van der Waals surface area contributed by atoms with E-state index >= 15 is 0 Å². The fourth-order valence-corrected chi connectivity index (χ4v) is 1.74. The highest BCUT2D eigenvalue weighted by Gasteiger charge is 2.17. The summed E-state index contributed by atoms with van der Waals surface area (Å²) >= 11 is 3.19. The molecule has 18 heavy (non-hydrogen) atoms. The number of aromatic nitrogens is 1. The molecule has 98 valence electrons. The average Bonchev–Trinajstić information content (AvgIpc) is 2.30. The van der Waals surface area contributed by atoms with Gasteiger partial charge in [-0.1, -0.05) is 6.92 Å². The van der Waals surface area contributed by atoms with E-state index < -0.39 is 17.9 Å². The number of rotatable bonds is 5. The molecule has 0 aliphatic carbocycles. The zero-order valence-electron chi connectivity index (χ0n) is 9.72. The molecule has 1 amide bonds. The van der Waals surface area contributed by atoms with Crippen LogP contribution in [0.1, 0.15) is 13.3 Å². The van der Waals surface area contributed by atoms with E-state index in [1.165, 1.54) is 16.8 Å². The lowest BCUT2D eigenvalue weighted by Crippen LogP contribution is -2.42. The maximum absolute atomic E-state index is 11.6. The number of carboxylic acids is 1. The van der Waals surface area contributed by atoms with Crippen LogP contribution >= 0.6 is 15.9 Å². The summed E-state index contributed by atoms with van der Waals surface area (Å²) in [7, 11) is 0. The van der Waals surface area contributed by atoms with Gasteiger partial charge in [0, 0.05) is 16.7 Å². The molecular weight excluding hydrogens is 304 g/mol. The Morgan fingerprint density at radius 1 is 1.50 bits per heavy atom. The van der Waals surface area contributed by atoms with Gasteiger partial charge in [0.2, 0.25) is 5.91 Å². The first-order chi connectivity index (χ1) is 8.43. The molecule has 2 N–H and O–H groups in total. The lowest BCUT2D eigenvalue weighted by molar-refractivity contribution is -0.142. The van der Waals surface area contributed by atoms with Crippen molar-refractivity contribution < 1.29 is 14.7 Å². The number of pyridine rings is 1. The number of amides is 1. The van der Waals surface area contributed by atoms with Crippen LogP contribution in [0.15, 0.2) is 27.6 Å². The number of hydrogen-bond acceptors (Lipinski definition) is 3. The van der Waals surface area contributed by atoms with Crippen LogP contribution in [0.2, 0.25) is 0 Å². The molecule has 0 saturated heterocycles. The standard InChI is InChI=1S/C11H13BrN2O4/c1-2-8(11(17)18)13-9(15)6-14-5-7(12)3-4-10(14)16/h3-5,8H,2,6H2,1H3,(H,13,15)(H,17,18)/t8-/m0/s1. The lowest BCUT2D eigenvalue weighted by Gasteiger charge is -2.13. The minimum Gasteiger partial charge on any atom is -0.480 e. The Morgan fingerprint density at radius 2 is 2.17 bits per heavy atom. The molecule has 0 aliphatic rings. The number of halogens is 1. The molecule has 0 spiro atoms. The molecular formula is C11H13BrN2O4. The van der Waals surface area contributed by atoms with Crippen molar-refractivity contribution in [2.24, 2.45) is 0 Å². The fourth-order valence-electron chi connectivity index (χ4n) is 1.36. The molecule has 0 aliphatic heterocycles. The maximum Gasteiger partial charge on any atom is 0.326 e. The number of aliphatic carboxylic acids is 1. The third kappa shape index (κ3) is 3.99. The van der Waals surface area contributed by atoms with E-state index in [0.717, 1.165) is 0 Å². The Labute approximate surface area is 112 Å². The Hall–Kier alpha value is -1.63. The van der Waals surface area contributed by atoms with E-state index in [2.05, 4.69) is 21.2 Å². The van der Waals surface area contributed by atoms with Crippen LogP contribution < -0.4 is 10.9 Å². The van der Waals surface area contributed by atoms with Crippen molar-refractivity contribution in [3.8, 4) is 0 Å². The van der Waals surface area contributed by atoms with Crippen LogP contribution in [-0.2, 0) is 16.1 Å². The molecule has 0 fully saturated rings. The first kappa shape index (κ1) is 14.4. The van der Waals surface area contributed by atoms with Crippen molar-refractivity contribution in [1.29, 1.82) is 0 Å². The fraction of sp³-hybridized carbons (Fsp3) is 0.364. The van der Waals surface area contributed by atoms with Crippen LogP contribution in [-0.4, -0.2) is 27.6 Å². The molecule has 1 atom stereocenters. The molecule has 1 rings (SSSR count). The van der Waals surface area contributed by atoms with E-state index in [1.807, 2.05) is 0 Å². The van der Waals surface area contributed by atoms with Crippen molar-refractivity contribution in [2.75, 3.05) is 0 Å². The van der Waals surface area contributed by atoms with Gasteiger partial charge >= 0.3 is 5.97 Å². The summed E-state index contributed by atoms with van der Waals surface area (Å²) in [6.07, 6.45) is 1.76. The van der Waals surface area contributed by atoms with Crippen molar-refractivity contribution in [2.45, 2.75) is 25.9 Å². The van der Waals surface area contributed by atoms with E-state index in [4.69, 9.17) is 5.11 Å². The van der Waals surface area contributed by atoms with E-state index in [9.17, 15) is 14.4 Å². The van der Waals surface area contributed by atoms with Gasteiger partial charge < -0.3 is 15.0 Å². The molecule has 0 unspecified atom stereocenters. The van der Waals surface area contributed by atoms with Crippen molar-refractivity contribution in [3.63, 3.8) is 0 Å². The van der Waals surface area contributed by atoms with Crippen LogP contribution in [0, 0.1) is 0 Å². The highest BCUT2D eigenvalue weighted by molar-refractivity contribution is 9.10. The number of nitrogens with zero attached hydrogens (tertiary/aromatic N) is 1. The Bertz CT molecular complexity index is 512. The first-order valence-corrected chi connectivity index (χ1v) is 6.11. The average molecular weight is 317 g/mol. The summed E-state index contributed by atoms with van der Waals surface area (Å²) in [6.45, 7) is 1.45. The summed E-state index contributed by atoms with van der Waals surface area (Å²) < 4.78 is 1.87. The molecule has 0 aromatic carbocycles. The van der Waals surface area contributed by atoms with Crippen LogP contribution in [0.25, 0.3) is 0 Å². The SMILES string of the molecule is CC[C@H](NC(=O)Cn1cc(Br)ccc1=O)C(=O)O. The second kappa shape index (κ2) is 6.34. The highest BCUT2D eigenvalue weighted by atomic mass is 79.9. The first-order valence-electron chi connectivity index (χ1n) is 5.32. The highest BCUT2D eigenvalue weighted by Crippen LogP contribution is 2.04. The monoisotopic (exact) mass is 316 g/mol. The number of carbonyl (C=O) groups is 2. The number of hydrogen-bond donors (Lipinski definition) is 2. The predicted octanol–water partition coefficient (Wildman–Crippen LogP) is 0.590. The van der Waals surface area contributed by atoms with Crippen LogP contribution in [0.5, 0.6) is 0 Å². The normalized spacial score (nSPS) is 11.9. The Morgan fingerprint density at radius 3 is 2.72 bits per heavy atom. The minimum absolute atomic E-state index is 0.206. The third-order valence-electron chi connectivity index (χ3n) is 2.30. The van der Waals surface area contributed by atoms with Crippen molar-refractivity contribution >= 4 is 27.8 Å². The summed E-state index contributed by atoms with van der Waals surface area (Å²) in [6, 6.07) is 1.97. The molecule has 7 heteroatoms. The minimum atomic E-state index is -1.09. The smallest absolute Gasteiger partial charge is 0.326 e. The number of nitrogens with one attached hydrogen (secondary N) is 1. The summed E-state index contributed by atoms with van der Waals surface area (Å²) in [4.78, 5) is 33.8. The van der Waals surface area contributed by atoms with Gasteiger partial charge in [-0.25, -0.2) is 4.79 Å². The zero-order valence-corrected chi connectivity index (χ0v) is 11.3. The predicted molar refractivity (Wildman–Crippen MR) is 68.3 cm³/mol. The molecule has 1 aromatic heterocycles. The van der Waals surface area contributed by atoms with Gasteiger partial charge in [-0.15, -0.1) is 0 Å². The van der Waals surface area contributed by atoms with Crippen molar-refractivity contribution in [1.82, 2.24) is 9.88 Å². The molecule has 1 heterocycles. The molecule has 0 saturated carbocycles. The molecule has 6 nitrogen and oxygen atoms in total. The van der Waals surface area contributed by atoms with Crippen LogP contribution in [0.4, 0.5) is 0 Å². The van der Waals surface area contributed by atoms with Crippen LogP contribution in [0.3, 0.4) is 0 Å². The quantitative estimate of drug-likeness (QED) is 0.832. The summed E-state index contributed by atoms with van der Waals surface area (Å²) in [5.74, 6) is -1.60. The van der Waals surface area contributed by atoms with Gasteiger partial charge in [0.05, 0.1) is 0 Å². The lowest BCUT2D eigenvalue weighted by atomic mass is 10.2. The van der Waals surface area contributed by atoms with Crippen molar-refractivity contribution in [3.05, 3.63) is 33.2 Å². The second-order valence-corrected chi connectivity index (χ2v) is 4.60. The topological polar surface area (TPSA) is 88.4 Å². The Balaban J connectivity index is 2.73. The third-order valence-corrected chi connectivity index (χ3v) is 2.77. The van der Waals surface area contributed by atoms with Gasteiger partial charge in [-0.05, 0) is 28.4 Å². The summed E-state index contributed by atoms with van der Waals surface area (Å²) in [5, 5.41) is 11.1. The van der Waals surface area contributed by atoms with E-state index in [1.54, 1.807) is 13.0 Å². The number of carboxylic acid groups (broad SMARTS) is 1. The van der Waals surface area contributed by atoms with E-state index in [0.29, 0.717) is 4.47 Å². The van der Waals surface area contributed by atoms with Gasteiger partial charge in [0.15, 0.2) is 0 Å². The second-order valence-electron chi connectivity index (χ2n) is 3.68. The summed E-state index contributed by atoms with van der Waals surface area (Å²) in [5.41, 5.74) is -0.322. The largest absolute Gasteiger partial charge is 0.480 e. The maximum atomic E-state index is 11.6. The van der Waals surface area contributed by atoms with Gasteiger partial charge in [-0.3, -0.25) is 9.59 Å². The van der Waals surface area contributed by atoms with Gasteiger partial charge in [0.1, 0.15) is 12.6 Å². The number of carbonyl (C=O) groups excluding carboxylic acids is 1. The Kier molecular flexibility index (Phi) is 5.08. The van der Waals surface area contributed by atoms with Gasteiger partial charge in [-0.2, -0.15) is 0 Å².